The summed E-state index contributed by atoms with van der Waals surface area (Å²) >= 11 is 3.44. The van der Waals surface area contributed by atoms with Crippen LogP contribution in [0.15, 0.2) is 40.9 Å². The molecule has 2 nitrogen and oxygen atoms in total. The number of ketones is 1. The molecule has 0 amide bonds. The largest absolute Gasteiger partial charge is 0.496 e. The second-order valence-corrected chi connectivity index (χ2v) is 5.33. The quantitative estimate of drug-likeness (QED) is 0.788. The van der Waals surface area contributed by atoms with Crippen molar-refractivity contribution in [2.45, 2.75) is 13.8 Å². The van der Waals surface area contributed by atoms with Crippen LogP contribution in [-0.4, -0.2) is 12.9 Å². The first-order chi connectivity index (χ1) is 9.02. The number of carbonyl (C=O) groups is 1. The molecule has 0 unspecified atom stereocenters. The molecule has 2 aromatic carbocycles. The highest BCUT2D eigenvalue weighted by Gasteiger charge is 2.11. The van der Waals surface area contributed by atoms with Gasteiger partial charge >= 0.3 is 0 Å². The molecule has 0 saturated heterocycles. The monoisotopic (exact) mass is 318 g/mol. The Hall–Kier alpha value is -1.61. The van der Waals surface area contributed by atoms with E-state index >= 15 is 0 Å². The van der Waals surface area contributed by atoms with Gasteiger partial charge in [0, 0.05) is 15.6 Å². The Kier molecular flexibility index (Phi) is 4.05. The summed E-state index contributed by atoms with van der Waals surface area (Å²) in [5, 5.41) is 0. The van der Waals surface area contributed by atoms with E-state index in [1.807, 2.05) is 44.2 Å². The van der Waals surface area contributed by atoms with Crippen LogP contribution in [0, 0.1) is 13.8 Å². The Labute approximate surface area is 121 Å². The maximum absolute atomic E-state index is 12.4. The van der Waals surface area contributed by atoms with Gasteiger partial charge in [-0.25, -0.2) is 0 Å². The molecule has 0 aliphatic heterocycles. The van der Waals surface area contributed by atoms with Crippen LogP contribution in [0.25, 0.3) is 0 Å². The number of hydrogen-bond acceptors (Lipinski definition) is 2. The van der Waals surface area contributed by atoms with Crippen molar-refractivity contribution in [3.8, 4) is 5.75 Å². The van der Waals surface area contributed by atoms with Gasteiger partial charge in [0.15, 0.2) is 5.78 Å². The highest BCUT2D eigenvalue weighted by Crippen LogP contribution is 2.22. The van der Waals surface area contributed by atoms with Crippen LogP contribution in [0.3, 0.4) is 0 Å². The molecule has 2 rings (SSSR count). The van der Waals surface area contributed by atoms with Gasteiger partial charge in [-0.2, -0.15) is 0 Å². The molecule has 0 radical (unpaired) electrons. The van der Waals surface area contributed by atoms with Gasteiger partial charge in [-0.15, -0.1) is 0 Å². The number of halogens is 1. The summed E-state index contributed by atoms with van der Waals surface area (Å²) in [6.45, 7) is 3.91. The maximum atomic E-state index is 12.4. The number of ether oxygens (including phenoxy) is 1. The predicted octanol–water partition coefficient (Wildman–Crippen LogP) is 4.31. The van der Waals surface area contributed by atoms with Crippen molar-refractivity contribution >= 4 is 21.7 Å². The summed E-state index contributed by atoms with van der Waals surface area (Å²) in [5.41, 5.74) is 3.39. The van der Waals surface area contributed by atoms with Gasteiger partial charge in [0.1, 0.15) is 5.75 Å². The van der Waals surface area contributed by atoms with Crippen LogP contribution in [-0.2, 0) is 0 Å². The van der Waals surface area contributed by atoms with E-state index in [1.54, 1.807) is 13.2 Å². The van der Waals surface area contributed by atoms with E-state index in [1.165, 1.54) is 0 Å². The molecule has 3 heteroatoms. The molecule has 0 N–H and O–H groups in total. The lowest BCUT2D eigenvalue weighted by Crippen LogP contribution is -2.02. The Morgan fingerprint density at radius 3 is 2.11 bits per heavy atom. The van der Waals surface area contributed by atoms with E-state index in [-0.39, 0.29) is 5.78 Å². The molecule has 0 bridgehead atoms. The molecule has 0 atom stereocenters. The molecule has 0 fully saturated rings. The molecular formula is C16H15BrO2. The van der Waals surface area contributed by atoms with Crippen LogP contribution < -0.4 is 4.74 Å². The highest BCUT2D eigenvalue weighted by atomic mass is 79.9. The van der Waals surface area contributed by atoms with E-state index in [9.17, 15) is 4.79 Å². The van der Waals surface area contributed by atoms with Crippen LogP contribution >= 0.6 is 15.9 Å². The fourth-order valence-corrected chi connectivity index (χ4v) is 2.22. The SMILES string of the molecule is COc1ccc(C(=O)c2ccc(Br)c(C)c2)cc1C. The summed E-state index contributed by atoms with van der Waals surface area (Å²) in [4.78, 5) is 12.4. The minimum absolute atomic E-state index is 0.0290. The van der Waals surface area contributed by atoms with Crippen molar-refractivity contribution < 1.29 is 9.53 Å². The number of carbonyl (C=O) groups excluding carboxylic acids is 1. The minimum atomic E-state index is 0.0290. The molecular weight excluding hydrogens is 304 g/mol. The Morgan fingerprint density at radius 1 is 1.00 bits per heavy atom. The summed E-state index contributed by atoms with van der Waals surface area (Å²) in [7, 11) is 1.63. The summed E-state index contributed by atoms with van der Waals surface area (Å²) in [5.74, 6) is 0.824. The number of hydrogen-bond donors (Lipinski definition) is 0. The molecule has 0 aromatic heterocycles. The standard InChI is InChI=1S/C16H15BrO2/c1-10-8-12(4-6-14(10)17)16(18)13-5-7-15(19-3)11(2)9-13/h4-9H,1-3H3. The van der Waals surface area contributed by atoms with E-state index < -0.39 is 0 Å². The molecule has 0 aliphatic carbocycles. The second-order valence-electron chi connectivity index (χ2n) is 4.48. The van der Waals surface area contributed by atoms with Crippen molar-refractivity contribution in [2.24, 2.45) is 0 Å². The molecule has 98 valence electrons. The van der Waals surface area contributed by atoms with E-state index in [0.717, 1.165) is 21.3 Å². The van der Waals surface area contributed by atoms with Crippen LogP contribution in [0.4, 0.5) is 0 Å². The number of benzene rings is 2. The first-order valence-electron chi connectivity index (χ1n) is 5.98. The molecule has 0 aliphatic rings. The summed E-state index contributed by atoms with van der Waals surface area (Å²) < 4.78 is 6.21. The maximum Gasteiger partial charge on any atom is 0.193 e. The number of rotatable bonds is 3. The van der Waals surface area contributed by atoms with Crippen molar-refractivity contribution in [1.82, 2.24) is 0 Å². The number of aryl methyl sites for hydroxylation is 2. The van der Waals surface area contributed by atoms with Crippen molar-refractivity contribution in [3.05, 3.63) is 63.1 Å². The van der Waals surface area contributed by atoms with Gasteiger partial charge in [-0.05, 0) is 61.4 Å². The third-order valence-electron chi connectivity index (χ3n) is 3.08. The van der Waals surface area contributed by atoms with E-state index in [4.69, 9.17) is 4.74 Å². The van der Waals surface area contributed by atoms with Gasteiger partial charge in [0.2, 0.25) is 0 Å². The minimum Gasteiger partial charge on any atom is -0.496 e. The van der Waals surface area contributed by atoms with Crippen molar-refractivity contribution in [1.29, 1.82) is 0 Å². The Bertz CT molecular complexity index is 633. The lowest BCUT2D eigenvalue weighted by atomic mass is 10.00. The predicted molar refractivity (Wildman–Crippen MR) is 80.0 cm³/mol. The smallest absolute Gasteiger partial charge is 0.193 e. The molecule has 2 aromatic rings. The lowest BCUT2D eigenvalue weighted by molar-refractivity contribution is 0.103. The average Bonchev–Trinajstić information content (AvgIpc) is 2.41. The van der Waals surface area contributed by atoms with Gasteiger partial charge in [0.05, 0.1) is 7.11 Å². The topological polar surface area (TPSA) is 26.3 Å². The van der Waals surface area contributed by atoms with Gasteiger partial charge in [0.25, 0.3) is 0 Å². The fraction of sp³-hybridized carbons (Fsp3) is 0.188. The Morgan fingerprint density at radius 2 is 1.58 bits per heavy atom. The van der Waals surface area contributed by atoms with Crippen LogP contribution in [0.1, 0.15) is 27.0 Å². The average molecular weight is 319 g/mol. The lowest BCUT2D eigenvalue weighted by Gasteiger charge is -2.08. The zero-order valence-corrected chi connectivity index (χ0v) is 12.7. The van der Waals surface area contributed by atoms with Crippen molar-refractivity contribution in [2.75, 3.05) is 7.11 Å². The van der Waals surface area contributed by atoms with Gasteiger partial charge < -0.3 is 4.74 Å². The fourth-order valence-electron chi connectivity index (χ4n) is 1.97. The van der Waals surface area contributed by atoms with Gasteiger partial charge in [-0.3, -0.25) is 4.79 Å². The second kappa shape index (κ2) is 5.57. The zero-order chi connectivity index (χ0) is 14.0. The molecule has 0 saturated carbocycles. The molecule has 0 spiro atoms. The zero-order valence-electron chi connectivity index (χ0n) is 11.2. The van der Waals surface area contributed by atoms with Crippen LogP contribution in [0.5, 0.6) is 5.75 Å². The first-order valence-corrected chi connectivity index (χ1v) is 6.77. The van der Waals surface area contributed by atoms with Crippen LogP contribution in [0.2, 0.25) is 0 Å². The highest BCUT2D eigenvalue weighted by molar-refractivity contribution is 9.10. The first kappa shape index (κ1) is 13.8. The molecule has 0 heterocycles. The normalized spacial score (nSPS) is 10.3. The van der Waals surface area contributed by atoms with Gasteiger partial charge in [-0.1, -0.05) is 15.9 Å². The Balaban J connectivity index is 2.38. The summed E-state index contributed by atoms with van der Waals surface area (Å²) in [6.07, 6.45) is 0. The third-order valence-corrected chi connectivity index (χ3v) is 3.97. The number of methoxy groups -OCH3 is 1. The summed E-state index contributed by atoms with van der Waals surface area (Å²) in [6, 6.07) is 11.1. The van der Waals surface area contributed by atoms with E-state index in [2.05, 4.69) is 15.9 Å². The van der Waals surface area contributed by atoms with E-state index in [0.29, 0.717) is 11.1 Å². The third kappa shape index (κ3) is 2.87. The van der Waals surface area contributed by atoms with Crippen molar-refractivity contribution in [3.63, 3.8) is 0 Å². The molecule has 19 heavy (non-hydrogen) atoms.